The lowest BCUT2D eigenvalue weighted by Crippen LogP contribution is -2.42. The van der Waals surface area contributed by atoms with Gasteiger partial charge in [0.25, 0.3) is 5.91 Å². The van der Waals surface area contributed by atoms with Gasteiger partial charge in [-0.3, -0.25) is 14.6 Å². The van der Waals surface area contributed by atoms with E-state index in [2.05, 4.69) is 10.3 Å². The highest BCUT2D eigenvalue weighted by Gasteiger charge is 2.42. The van der Waals surface area contributed by atoms with Crippen molar-refractivity contribution in [3.05, 3.63) is 95.6 Å². The summed E-state index contributed by atoms with van der Waals surface area (Å²) < 4.78 is 27.7. The molecule has 6 nitrogen and oxygen atoms in total. The Labute approximate surface area is 211 Å². The standard InChI is InChI=1S/C27H22F2N4O2S/c1-2-23(25(34)31-21-15-17(28)12-13-19(21)29)36-27-32-20-11-7-6-10-18(20)24-30-22(26(35)33(24)27)14-16-8-4-3-5-9-16/h3-13,15,22-23H,2,14H2,1H3,(H,31,34)/t22-,23-/m1/s1. The van der Waals surface area contributed by atoms with Gasteiger partial charge in [-0.05, 0) is 36.2 Å². The van der Waals surface area contributed by atoms with Crippen molar-refractivity contribution in [3.63, 3.8) is 0 Å². The molecule has 0 spiro atoms. The summed E-state index contributed by atoms with van der Waals surface area (Å²) in [6.45, 7) is 1.80. The third-order valence-electron chi connectivity index (χ3n) is 5.92. The summed E-state index contributed by atoms with van der Waals surface area (Å²) in [5, 5.41) is 2.08. The minimum absolute atomic E-state index is 0.221. The van der Waals surface area contributed by atoms with Crippen molar-refractivity contribution in [2.75, 3.05) is 5.32 Å². The zero-order valence-electron chi connectivity index (χ0n) is 19.3. The summed E-state index contributed by atoms with van der Waals surface area (Å²) in [4.78, 5) is 37.4. The SMILES string of the molecule is CC[C@@H](SC1=Nc2ccccc2C2=N[C@H](Cc3ccccc3)C(=O)N12)C(=O)Nc1cc(F)ccc1F. The molecule has 2 amide bonds. The molecule has 2 aliphatic rings. The van der Waals surface area contributed by atoms with Crippen LogP contribution in [-0.4, -0.2) is 39.0 Å². The molecule has 3 aromatic rings. The molecule has 0 aromatic heterocycles. The number of nitrogens with one attached hydrogen (secondary N) is 1. The van der Waals surface area contributed by atoms with Gasteiger partial charge < -0.3 is 5.32 Å². The average Bonchev–Trinajstić information content (AvgIpc) is 3.21. The Bertz CT molecular complexity index is 1390. The fourth-order valence-electron chi connectivity index (χ4n) is 4.11. The molecule has 2 heterocycles. The number of aliphatic imine (C=N–C) groups is 2. The highest BCUT2D eigenvalue weighted by molar-refractivity contribution is 8.15. The Hall–Kier alpha value is -3.85. The maximum Gasteiger partial charge on any atom is 0.259 e. The monoisotopic (exact) mass is 504 g/mol. The number of fused-ring (bicyclic) bond motifs is 3. The van der Waals surface area contributed by atoms with Crippen LogP contribution in [0.1, 0.15) is 24.5 Å². The lowest BCUT2D eigenvalue weighted by Gasteiger charge is -2.27. The zero-order valence-corrected chi connectivity index (χ0v) is 20.1. The van der Waals surface area contributed by atoms with Gasteiger partial charge in [0.1, 0.15) is 23.5 Å². The average molecular weight is 505 g/mol. The predicted molar refractivity (Wildman–Crippen MR) is 138 cm³/mol. The van der Waals surface area contributed by atoms with Gasteiger partial charge in [-0.15, -0.1) is 0 Å². The highest BCUT2D eigenvalue weighted by Crippen LogP contribution is 2.36. The van der Waals surface area contributed by atoms with Gasteiger partial charge in [0, 0.05) is 18.1 Å². The maximum atomic E-state index is 14.1. The second-order valence-corrected chi connectivity index (χ2v) is 9.54. The van der Waals surface area contributed by atoms with Crippen molar-refractivity contribution in [2.45, 2.75) is 31.1 Å². The fourth-order valence-corrected chi connectivity index (χ4v) is 5.13. The van der Waals surface area contributed by atoms with E-state index in [0.717, 1.165) is 41.1 Å². The Balaban J connectivity index is 1.43. The number of carbonyl (C=O) groups excluding carboxylic acids is 2. The summed E-state index contributed by atoms with van der Waals surface area (Å²) in [6, 6.07) is 19.3. The first-order valence-corrected chi connectivity index (χ1v) is 12.4. The van der Waals surface area contributed by atoms with Gasteiger partial charge in [-0.1, -0.05) is 61.2 Å². The Morgan fingerprint density at radius 1 is 1.08 bits per heavy atom. The lowest BCUT2D eigenvalue weighted by molar-refractivity contribution is -0.124. The summed E-state index contributed by atoms with van der Waals surface area (Å²) in [5.41, 5.74) is 2.14. The van der Waals surface area contributed by atoms with Crippen LogP contribution in [0.4, 0.5) is 20.2 Å². The third kappa shape index (κ3) is 4.66. The van der Waals surface area contributed by atoms with E-state index in [1.807, 2.05) is 54.6 Å². The number of amidine groups is 2. The minimum Gasteiger partial charge on any atom is -0.323 e. The van der Waals surface area contributed by atoms with E-state index in [1.54, 1.807) is 6.92 Å². The number of thioether (sulfide) groups is 1. The molecule has 9 heteroatoms. The smallest absolute Gasteiger partial charge is 0.259 e. The van der Waals surface area contributed by atoms with Gasteiger partial charge in [-0.25, -0.2) is 18.7 Å². The minimum atomic E-state index is -0.735. The highest BCUT2D eigenvalue weighted by atomic mass is 32.2. The van der Waals surface area contributed by atoms with Crippen LogP contribution in [0, 0.1) is 11.6 Å². The first-order valence-electron chi connectivity index (χ1n) is 11.5. The van der Waals surface area contributed by atoms with Crippen molar-refractivity contribution in [1.29, 1.82) is 0 Å². The van der Waals surface area contributed by atoms with Crippen LogP contribution in [0.3, 0.4) is 0 Å². The Kier molecular flexibility index (Phi) is 6.65. The van der Waals surface area contributed by atoms with Gasteiger partial charge in [0.05, 0.1) is 16.6 Å². The normalized spacial score (nSPS) is 17.1. The van der Waals surface area contributed by atoms with Gasteiger partial charge in [0.2, 0.25) is 5.91 Å². The molecule has 36 heavy (non-hydrogen) atoms. The molecule has 2 atom stereocenters. The van der Waals surface area contributed by atoms with E-state index in [-0.39, 0.29) is 11.6 Å². The van der Waals surface area contributed by atoms with E-state index in [4.69, 9.17) is 4.99 Å². The van der Waals surface area contributed by atoms with Crippen molar-refractivity contribution in [3.8, 4) is 0 Å². The second kappa shape index (κ2) is 10.0. The molecule has 0 fully saturated rings. The Morgan fingerprint density at radius 2 is 1.83 bits per heavy atom. The molecule has 0 unspecified atom stereocenters. The molecular weight excluding hydrogens is 482 g/mol. The number of hydrogen-bond donors (Lipinski definition) is 1. The number of amides is 2. The van der Waals surface area contributed by atoms with Crippen LogP contribution in [0.5, 0.6) is 0 Å². The number of carbonyl (C=O) groups is 2. The van der Waals surface area contributed by atoms with Crippen LogP contribution < -0.4 is 5.32 Å². The van der Waals surface area contributed by atoms with Crippen LogP contribution in [0.25, 0.3) is 0 Å². The summed E-state index contributed by atoms with van der Waals surface area (Å²) >= 11 is 1.10. The predicted octanol–water partition coefficient (Wildman–Crippen LogP) is 5.32. The number of halogens is 2. The molecule has 0 radical (unpaired) electrons. The van der Waals surface area contributed by atoms with Crippen LogP contribution in [0.15, 0.2) is 82.8 Å². The van der Waals surface area contributed by atoms with Crippen LogP contribution in [0.2, 0.25) is 0 Å². The number of rotatable bonds is 6. The molecule has 0 aliphatic carbocycles. The number of benzene rings is 3. The first-order chi connectivity index (χ1) is 17.4. The van der Waals surface area contributed by atoms with E-state index in [0.29, 0.717) is 29.5 Å². The van der Waals surface area contributed by atoms with Crippen molar-refractivity contribution in [1.82, 2.24) is 4.90 Å². The quantitative estimate of drug-likeness (QED) is 0.494. The van der Waals surface area contributed by atoms with Crippen molar-refractivity contribution >= 4 is 46.0 Å². The van der Waals surface area contributed by atoms with Crippen LogP contribution in [-0.2, 0) is 16.0 Å². The summed E-state index contributed by atoms with van der Waals surface area (Å²) in [7, 11) is 0. The molecule has 2 aliphatic heterocycles. The van der Waals surface area contributed by atoms with Gasteiger partial charge >= 0.3 is 0 Å². The molecule has 3 aromatic carbocycles. The zero-order chi connectivity index (χ0) is 25.2. The molecule has 5 rings (SSSR count). The third-order valence-corrected chi connectivity index (χ3v) is 7.23. The van der Waals surface area contributed by atoms with Crippen molar-refractivity contribution in [2.24, 2.45) is 9.98 Å². The molecule has 0 saturated heterocycles. The van der Waals surface area contributed by atoms with Crippen LogP contribution >= 0.6 is 11.8 Å². The first kappa shape index (κ1) is 23.9. The van der Waals surface area contributed by atoms with Gasteiger partial charge in [0.15, 0.2) is 5.17 Å². The van der Waals surface area contributed by atoms with Crippen molar-refractivity contribution < 1.29 is 18.4 Å². The maximum absolute atomic E-state index is 14.1. The van der Waals surface area contributed by atoms with E-state index < -0.39 is 28.8 Å². The molecule has 182 valence electrons. The largest absolute Gasteiger partial charge is 0.323 e. The Morgan fingerprint density at radius 3 is 2.61 bits per heavy atom. The molecule has 0 bridgehead atoms. The molecule has 1 N–H and O–H groups in total. The lowest BCUT2D eigenvalue weighted by atomic mass is 10.1. The van der Waals surface area contributed by atoms with E-state index in [1.165, 1.54) is 4.90 Å². The molecular formula is C27H22F2N4O2S. The summed E-state index contributed by atoms with van der Waals surface area (Å²) in [5.74, 6) is -1.63. The van der Waals surface area contributed by atoms with E-state index >= 15 is 0 Å². The number of hydrogen-bond acceptors (Lipinski definition) is 5. The number of nitrogens with zero attached hydrogens (tertiary/aromatic N) is 3. The second-order valence-electron chi connectivity index (χ2n) is 8.37. The molecule has 0 saturated carbocycles. The fraction of sp³-hybridized carbons (Fsp3) is 0.185. The van der Waals surface area contributed by atoms with E-state index in [9.17, 15) is 18.4 Å². The number of anilines is 1. The summed E-state index contributed by atoms with van der Waals surface area (Å²) in [6.07, 6.45) is 0.812. The topological polar surface area (TPSA) is 74.1 Å². The number of para-hydroxylation sites is 1. The van der Waals surface area contributed by atoms with Gasteiger partial charge in [-0.2, -0.15) is 0 Å².